The standard InChI is InChI=1S/C10H17NO2S/c12-9(13)10(3-7-14-8-4-10)11-5-1-2-6-11/h1-8H2,(H,12,13). The van der Waals surface area contributed by atoms with Gasteiger partial charge >= 0.3 is 5.97 Å². The fraction of sp³-hybridized carbons (Fsp3) is 0.900. The molecule has 0 atom stereocenters. The first-order chi connectivity index (χ1) is 6.76. The summed E-state index contributed by atoms with van der Waals surface area (Å²) >= 11 is 1.88. The molecule has 0 amide bonds. The maximum absolute atomic E-state index is 11.4. The predicted molar refractivity (Wildman–Crippen MR) is 57.7 cm³/mol. The van der Waals surface area contributed by atoms with Crippen molar-refractivity contribution >= 4 is 17.7 Å². The first kappa shape index (κ1) is 10.3. The van der Waals surface area contributed by atoms with E-state index in [-0.39, 0.29) is 0 Å². The molecule has 2 saturated heterocycles. The van der Waals surface area contributed by atoms with E-state index in [2.05, 4.69) is 4.90 Å². The van der Waals surface area contributed by atoms with Gasteiger partial charge in [-0.2, -0.15) is 11.8 Å². The van der Waals surface area contributed by atoms with Crippen LogP contribution in [0, 0.1) is 0 Å². The number of hydrogen-bond donors (Lipinski definition) is 1. The molecule has 0 radical (unpaired) electrons. The van der Waals surface area contributed by atoms with Gasteiger partial charge in [-0.3, -0.25) is 9.69 Å². The first-order valence-corrected chi connectivity index (χ1v) is 6.47. The monoisotopic (exact) mass is 215 g/mol. The molecular weight excluding hydrogens is 198 g/mol. The molecule has 0 saturated carbocycles. The van der Waals surface area contributed by atoms with Crippen LogP contribution in [-0.2, 0) is 4.79 Å². The average molecular weight is 215 g/mol. The number of likely N-dealkylation sites (tertiary alicyclic amines) is 1. The highest BCUT2D eigenvalue weighted by Gasteiger charge is 2.45. The van der Waals surface area contributed by atoms with Crippen LogP contribution in [0.15, 0.2) is 0 Å². The van der Waals surface area contributed by atoms with E-state index in [4.69, 9.17) is 0 Å². The van der Waals surface area contributed by atoms with Gasteiger partial charge in [-0.1, -0.05) is 0 Å². The zero-order chi connectivity index (χ0) is 10.0. The molecule has 2 aliphatic heterocycles. The lowest BCUT2D eigenvalue weighted by molar-refractivity contribution is -0.151. The number of nitrogens with zero attached hydrogens (tertiary/aromatic N) is 1. The van der Waals surface area contributed by atoms with Gasteiger partial charge in [0, 0.05) is 0 Å². The second-order valence-corrected chi connectivity index (χ2v) is 5.37. The van der Waals surface area contributed by atoms with Gasteiger partial charge in [-0.05, 0) is 50.3 Å². The van der Waals surface area contributed by atoms with Crippen LogP contribution in [0.4, 0.5) is 0 Å². The number of aliphatic carboxylic acids is 1. The van der Waals surface area contributed by atoms with Gasteiger partial charge in [-0.15, -0.1) is 0 Å². The minimum atomic E-state index is -0.598. The maximum atomic E-state index is 11.4. The van der Waals surface area contributed by atoms with Crippen molar-refractivity contribution in [3.05, 3.63) is 0 Å². The van der Waals surface area contributed by atoms with E-state index in [0.29, 0.717) is 0 Å². The summed E-state index contributed by atoms with van der Waals surface area (Å²) in [6, 6.07) is 0. The molecule has 0 bridgehead atoms. The molecule has 1 N–H and O–H groups in total. The minimum absolute atomic E-state index is 0.512. The zero-order valence-electron chi connectivity index (χ0n) is 8.37. The second-order valence-electron chi connectivity index (χ2n) is 4.14. The van der Waals surface area contributed by atoms with E-state index in [1.807, 2.05) is 11.8 Å². The molecule has 0 aromatic carbocycles. The van der Waals surface area contributed by atoms with Crippen molar-refractivity contribution in [2.24, 2.45) is 0 Å². The third-order valence-corrected chi connectivity index (χ3v) is 4.42. The molecule has 0 unspecified atom stereocenters. The lowest BCUT2D eigenvalue weighted by Gasteiger charge is -2.40. The summed E-state index contributed by atoms with van der Waals surface area (Å²) < 4.78 is 0. The topological polar surface area (TPSA) is 40.5 Å². The van der Waals surface area contributed by atoms with Crippen molar-refractivity contribution in [2.45, 2.75) is 31.2 Å². The summed E-state index contributed by atoms with van der Waals surface area (Å²) in [5.41, 5.74) is -0.512. The average Bonchev–Trinajstić information content (AvgIpc) is 2.72. The summed E-state index contributed by atoms with van der Waals surface area (Å²) in [6.07, 6.45) is 3.99. The summed E-state index contributed by atoms with van der Waals surface area (Å²) in [7, 11) is 0. The summed E-state index contributed by atoms with van der Waals surface area (Å²) in [6.45, 7) is 1.97. The van der Waals surface area contributed by atoms with Crippen LogP contribution in [-0.4, -0.2) is 46.1 Å². The van der Waals surface area contributed by atoms with E-state index in [1.165, 1.54) is 12.8 Å². The zero-order valence-corrected chi connectivity index (χ0v) is 9.18. The molecule has 4 heteroatoms. The van der Waals surface area contributed by atoms with E-state index >= 15 is 0 Å². The third kappa shape index (κ3) is 1.65. The Bertz CT molecular complexity index is 220. The van der Waals surface area contributed by atoms with Crippen LogP contribution in [0.3, 0.4) is 0 Å². The number of hydrogen-bond acceptors (Lipinski definition) is 3. The highest BCUT2D eigenvalue weighted by molar-refractivity contribution is 7.99. The van der Waals surface area contributed by atoms with Crippen molar-refractivity contribution in [3.8, 4) is 0 Å². The van der Waals surface area contributed by atoms with Crippen molar-refractivity contribution < 1.29 is 9.90 Å². The number of carboxylic acid groups (broad SMARTS) is 1. The van der Waals surface area contributed by atoms with Crippen LogP contribution in [0.25, 0.3) is 0 Å². The van der Waals surface area contributed by atoms with Crippen molar-refractivity contribution in [3.63, 3.8) is 0 Å². The van der Waals surface area contributed by atoms with Gasteiger partial charge in [0.25, 0.3) is 0 Å². The summed E-state index contributed by atoms with van der Waals surface area (Å²) in [4.78, 5) is 13.6. The number of thioether (sulfide) groups is 1. The van der Waals surface area contributed by atoms with Crippen LogP contribution in [0.1, 0.15) is 25.7 Å². The largest absolute Gasteiger partial charge is 0.480 e. The molecule has 2 aliphatic rings. The molecule has 0 spiro atoms. The fourth-order valence-electron chi connectivity index (χ4n) is 2.52. The highest BCUT2D eigenvalue weighted by atomic mass is 32.2. The maximum Gasteiger partial charge on any atom is 0.324 e. The highest BCUT2D eigenvalue weighted by Crippen LogP contribution is 2.35. The van der Waals surface area contributed by atoms with Crippen LogP contribution >= 0.6 is 11.8 Å². The number of rotatable bonds is 2. The Balaban J connectivity index is 2.15. The number of carboxylic acids is 1. The lowest BCUT2D eigenvalue weighted by Crippen LogP contribution is -2.55. The van der Waals surface area contributed by atoms with Crippen LogP contribution < -0.4 is 0 Å². The van der Waals surface area contributed by atoms with Crippen LogP contribution in [0.5, 0.6) is 0 Å². The Hall–Kier alpha value is -0.220. The Labute approximate surface area is 88.9 Å². The van der Waals surface area contributed by atoms with E-state index in [9.17, 15) is 9.90 Å². The predicted octanol–water partition coefficient (Wildman–Crippen LogP) is 1.43. The van der Waals surface area contributed by atoms with Gasteiger partial charge in [0.05, 0.1) is 0 Å². The van der Waals surface area contributed by atoms with E-state index < -0.39 is 11.5 Å². The van der Waals surface area contributed by atoms with Crippen molar-refractivity contribution in [2.75, 3.05) is 24.6 Å². The lowest BCUT2D eigenvalue weighted by atomic mass is 9.90. The molecule has 2 rings (SSSR count). The second kappa shape index (κ2) is 4.11. The molecule has 14 heavy (non-hydrogen) atoms. The third-order valence-electron chi connectivity index (χ3n) is 3.43. The first-order valence-electron chi connectivity index (χ1n) is 5.32. The smallest absolute Gasteiger partial charge is 0.324 e. The fourth-order valence-corrected chi connectivity index (χ4v) is 3.69. The molecule has 0 aromatic heterocycles. The van der Waals surface area contributed by atoms with E-state index in [1.54, 1.807) is 0 Å². The molecule has 0 aliphatic carbocycles. The Morgan fingerprint density at radius 1 is 1.21 bits per heavy atom. The summed E-state index contributed by atoms with van der Waals surface area (Å²) in [5, 5.41) is 9.40. The Morgan fingerprint density at radius 3 is 2.29 bits per heavy atom. The number of carbonyl (C=O) groups is 1. The molecule has 3 nitrogen and oxygen atoms in total. The summed E-state index contributed by atoms with van der Waals surface area (Å²) in [5.74, 6) is 1.41. The van der Waals surface area contributed by atoms with Crippen LogP contribution in [0.2, 0.25) is 0 Å². The Kier molecular flexibility index (Phi) is 3.02. The molecule has 0 aromatic rings. The van der Waals surface area contributed by atoms with Gasteiger partial charge < -0.3 is 5.11 Å². The van der Waals surface area contributed by atoms with E-state index in [0.717, 1.165) is 37.4 Å². The molecule has 80 valence electrons. The van der Waals surface area contributed by atoms with Gasteiger partial charge in [0.1, 0.15) is 5.54 Å². The van der Waals surface area contributed by atoms with Crippen molar-refractivity contribution in [1.82, 2.24) is 4.90 Å². The van der Waals surface area contributed by atoms with Crippen molar-refractivity contribution in [1.29, 1.82) is 0 Å². The van der Waals surface area contributed by atoms with Gasteiger partial charge in [-0.25, -0.2) is 0 Å². The molecule has 2 fully saturated rings. The SMILES string of the molecule is O=C(O)C1(N2CCCC2)CCSCC1. The van der Waals surface area contributed by atoms with Gasteiger partial charge in [0.2, 0.25) is 0 Å². The minimum Gasteiger partial charge on any atom is -0.480 e. The molecule has 2 heterocycles. The van der Waals surface area contributed by atoms with Gasteiger partial charge in [0.15, 0.2) is 0 Å². The Morgan fingerprint density at radius 2 is 1.79 bits per heavy atom. The normalized spacial score (nSPS) is 27.7. The molecular formula is C10H17NO2S. The quantitative estimate of drug-likeness (QED) is 0.756.